The van der Waals surface area contributed by atoms with Crippen LogP contribution >= 0.6 is 0 Å². The number of rotatable bonds is 5. The van der Waals surface area contributed by atoms with Crippen molar-refractivity contribution in [2.45, 2.75) is 39.7 Å². The molecule has 0 aromatic heterocycles. The summed E-state index contributed by atoms with van der Waals surface area (Å²) in [6, 6.07) is -0.765. The highest BCUT2D eigenvalue weighted by atomic mass is 16.4. The summed E-state index contributed by atoms with van der Waals surface area (Å²) in [6.07, 6.45) is 2.18. The minimum Gasteiger partial charge on any atom is -0.480 e. The predicted molar refractivity (Wildman–Crippen MR) is 56.3 cm³/mol. The number of amides is 1. The van der Waals surface area contributed by atoms with Crippen LogP contribution in [0.1, 0.15) is 33.6 Å². The minimum atomic E-state index is -0.957. The standard InChI is InChI=1S/C11H19NO3/c1-6(2)9(11(14)15)12-10(13)7(3)8-4-5-8/h6-9H,4-5H2,1-3H3,(H,12,13)(H,14,15)/t7?,9-/m1/s1. The number of carbonyl (C=O) groups excluding carboxylic acids is 1. The van der Waals surface area contributed by atoms with E-state index in [1.54, 1.807) is 13.8 Å². The fourth-order valence-electron chi connectivity index (χ4n) is 1.61. The summed E-state index contributed by atoms with van der Waals surface area (Å²) in [4.78, 5) is 22.5. The van der Waals surface area contributed by atoms with Gasteiger partial charge < -0.3 is 10.4 Å². The Hall–Kier alpha value is -1.06. The first-order valence-electron chi connectivity index (χ1n) is 5.46. The molecule has 0 saturated heterocycles. The van der Waals surface area contributed by atoms with Crippen molar-refractivity contribution in [2.75, 3.05) is 0 Å². The van der Waals surface area contributed by atoms with Crippen molar-refractivity contribution in [3.8, 4) is 0 Å². The van der Waals surface area contributed by atoms with Crippen molar-refractivity contribution in [2.24, 2.45) is 17.8 Å². The fraction of sp³-hybridized carbons (Fsp3) is 0.818. The van der Waals surface area contributed by atoms with Crippen molar-refractivity contribution in [3.63, 3.8) is 0 Å². The first-order chi connectivity index (χ1) is 6.93. The summed E-state index contributed by atoms with van der Waals surface area (Å²) in [5.41, 5.74) is 0. The SMILES string of the molecule is CC(C(=O)N[C@@H](C(=O)O)C(C)C)C1CC1. The Balaban J connectivity index is 2.49. The largest absolute Gasteiger partial charge is 0.480 e. The average molecular weight is 213 g/mol. The van der Waals surface area contributed by atoms with Crippen LogP contribution in [0.25, 0.3) is 0 Å². The molecule has 1 amide bonds. The first-order valence-corrected chi connectivity index (χ1v) is 5.46. The van der Waals surface area contributed by atoms with Crippen LogP contribution in [0.15, 0.2) is 0 Å². The second-order valence-electron chi connectivity index (χ2n) is 4.69. The van der Waals surface area contributed by atoms with Gasteiger partial charge >= 0.3 is 5.97 Å². The van der Waals surface area contributed by atoms with Crippen LogP contribution < -0.4 is 5.32 Å². The second-order valence-corrected chi connectivity index (χ2v) is 4.69. The van der Waals surface area contributed by atoms with E-state index in [0.29, 0.717) is 5.92 Å². The van der Waals surface area contributed by atoms with Gasteiger partial charge in [0.05, 0.1) is 0 Å². The van der Waals surface area contributed by atoms with Crippen LogP contribution in [0, 0.1) is 17.8 Å². The summed E-state index contributed by atoms with van der Waals surface area (Å²) < 4.78 is 0. The van der Waals surface area contributed by atoms with Gasteiger partial charge in [-0.15, -0.1) is 0 Å². The van der Waals surface area contributed by atoms with Crippen LogP contribution in [-0.2, 0) is 9.59 Å². The molecule has 1 rings (SSSR count). The molecule has 0 bridgehead atoms. The number of hydrogen-bond donors (Lipinski definition) is 2. The van der Waals surface area contributed by atoms with Gasteiger partial charge in [0, 0.05) is 5.92 Å². The maximum atomic E-state index is 11.7. The van der Waals surface area contributed by atoms with Crippen LogP contribution in [0.2, 0.25) is 0 Å². The number of aliphatic carboxylic acids is 1. The number of nitrogens with one attached hydrogen (secondary N) is 1. The van der Waals surface area contributed by atoms with E-state index in [1.165, 1.54) is 0 Å². The fourth-order valence-corrected chi connectivity index (χ4v) is 1.61. The van der Waals surface area contributed by atoms with Gasteiger partial charge in [-0.3, -0.25) is 4.79 Å². The van der Waals surface area contributed by atoms with Crippen LogP contribution in [0.3, 0.4) is 0 Å². The summed E-state index contributed by atoms with van der Waals surface area (Å²) in [6.45, 7) is 5.45. The Morgan fingerprint density at radius 3 is 2.13 bits per heavy atom. The highest BCUT2D eigenvalue weighted by molar-refractivity contribution is 5.85. The third kappa shape index (κ3) is 3.22. The number of carbonyl (C=O) groups is 2. The van der Waals surface area contributed by atoms with E-state index >= 15 is 0 Å². The van der Waals surface area contributed by atoms with Gasteiger partial charge in [0.2, 0.25) is 5.91 Å². The molecule has 4 heteroatoms. The van der Waals surface area contributed by atoms with Gasteiger partial charge in [-0.25, -0.2) is 4.79 Å². The molecular formula is C11H19NO3. The van der Waals surface area contributed by atoms with Crippen LogP contribution in [-0.4, -0.2) is 23.0 Å². The Bertz CT molecular complexity index is 259. The van der Waals surface area contributed by atoms with Crippen molar-refractivity contribution in [1.82, 2.24) is 5.32 Å². The van der Waals surface area contributed by atoms with E-state index in [-0.39, 0.29) is 17.7 Å². The summed E-state index contributed by atoms with van der Waals surface area (Å²) in [5.74, 6) is -0.755. The van der Waals surface area contributed by atoms with Crippen molar-refractivity contribution in [1.29, 1.82) is 0 Å². The molecule has 1 saturated carbocycles. The first kappa shape index (κ1) is 12.0. The van der Waals surface area contributed by atoms with Gasteiger partial charge in [0.15, 0.2) is 0 Å². The molecule has 1 unspecified atom stereocenters. The van der Waals surface area contributed by atoms with E-state index in [0.717, 1.165) is 12.8 Å². The number of carboxylic acid groups (broad SMARTS) is 1. The zero-order chi connectivity index (χ0) is 11.6. The van der Waals surface area contributed by atoms with Crippen LogP contribution in [0.4, 0.5) is 0 Å². The highest BCUT2D eigenvalue weighted by Gasteiger charge is 2.34. The van der Waals surface area contributed by atoms with Crippen LogP contribution in [0.5, 0.6) is 0 Å². The van der Waals surface area contributed by atoms with Crippen molar-refractivity contribution < 1.29 is 14.7 Å². The Labute approximate surface area is 90.0 Å². The third-order valence-electron chi connectivity index (χ3n) is 2.97. The van der Waals surface area contributed by atoms with Gasteiger partial charge in [0.1, 0.15) is 6.04 Å². The Morgan fingerprint density at radius 2 is 1.80 bits per heavy atom. The Kier molecular flexibility index (Phi) is 3.72. The van der Waals surface area contributed by atoms with Gasteiger partial charge in [-0.05, 0) is 24.7 Å². The number of carboxylic acids is 1. The van der Waals surface area contributed by atoms with Crippen molar-refractivity contribution >= 4 is 11.9 Å². The molecule has 1 fully saturated rings. The quantitative estimate of drug-likeness (QED) is 0.722. The monoisotopic (exact) mass is 213 g/mol. The molecule has 4 nitrogen and oxygen atoms in total. The van der Waals surface area contributed by atoms with Gasteiger partial charge in [-0.2, -0.15) is 0 Å². The van der Waals surface area contributed by atoms with E-state index in [1.807, 2.05) is 6.92 Å². The normalized spacial score (nSPS) is 19.7. The maximum absolute atomic E-state index is 11.7. The second kappa shape index (κ2) is 4.64. The molecule has 0 aliphatic heterocycles. The lowest BCUT2D eigenvalue weighted by molar-refractivity contribution is -0.143. The molecular weight excluding hydrogens is 194 g/mol. The Morgan fingerprint density at radius 1 is 1.27 bits per heavy atom. The van der Waals surface area contributed by atoms with Gasteiger partial charge in [0.25, 0.3) is 0 Å². The molecule has 2 N–H and O–H groups in total. The van der Waals surface area contributed by atoms with E-state index in [9.17, 15) is 9.59 Å². The van der Waals surface area contributed by atoms with E-state index in [4.69, 9.17) is 5.11 Å². The van der Waals surface area contributed by atoms with E-state index < -0.39 is 12.0 Å². The molecule has 0 spiro atoms. The molecule has 0 radical (unpaired) electrons. The lowest BCUT2D eigenvalue weighted by Gasteiger charge is -2.20. The maximum Gasteiger partial charge on any atom is 0.326 e. The molecule has 1 aliphatic rings. The third-order valence-corrected chi connectivity index (χ3v) is 2.97. The highest BCUT2D eigenvalue weighted by Crippen LogP contribution is 2.36. The van der Waals surface area contributed by atoms with E-state index in [2.05, 4.69) is 5.32 Å². The summed E-state index contributed by atoms with van der Waals surface area (Å²) in [7, 11) is 0. The number of hydrogen-bond acceptors (Lipinski definition) is 2. The molecule has 0 aromatic carbocycles. The zero-order valence-corrected chi connectivity index (χ0v) is 9.49. The summed E-state index contributed by atoms with van der Waals surface area (Å²) in [5, 5.41) is 11.5. The molecule has 15 heavy (non-hydrogen) atoms. The topological polar surface area (TPSA) is 66.4 Å². The zero-order valence-electron chi connectivity index (χ0n) is 9.49. The lowest BCUT2D eigenvalue weighted by Crippen LogP contribution is -2.46. The molecule has 0 heterocycles. The smallest absolute Gasteiger partial charge is 0.326 e. The van der Waals surface area contributed by atoms with Gasteiger partial charge in [-0.1, -0.05) is 20.8 Å². The lowest BCUT2D eigenvalue weighted by atomic mass is 10.0. The molecule has 0 aromatic rings. The minimum absolute atomic E-state index is 0.0504. The summed E-state index contributed by atoms with van der Waals surface area (Å²) >= 11 is 0. The van der Waals surface area contributed by atoms with Crippen molar-refractivity contribution in [3.05, 3.63) is 0 Å². The predicted octanol–water partition coefficient (Wildman–Crippen LogP) is 1.26. The molecule has 2 atom stereocenters. The molecule has 1 aliphatic carbocycles. The average Bonchev–Trinajstić information content (AvgIpc) is 2.94. The molecule has 86 valence electrons.